The van der Waals surface area contributed by atoms with Crippen molar-refractivity contribution in [1.29, 1.82) is 0 Å². The van der Waals surface area contributed by atoms with Gasteiger partial charge in [-0.15, -0.1) is 0 Å². The molecule has 0 aliphatic heterocycles. The van der Waals surface area contributed by atoms with Crippen LogP contribution in [-0.2, 0) is 11.2 Å². The molecular formula is C10H17N2O. The van der Waals surface area contributed by atoms with Gasteiger partial charge in [0.1, 0.15) is 12.0 Å². The largest absolute Gasteiger partial charge is 0.379 e. The van der Waals surface area contributed by atoms with Crippen LogP contribution in [0.1, 0.15) is 32.5 Å². The second kappa shape index (κ2) is 5.75. The molecule has 1 rings (SSSR count). The predicted molar refractivity (Wildman–Crippen MR) is 51.4 cm³/mol. The number of hydrogen-bond donors (Lipinski definition) is 1. The van der Waals surface area contributed by atoms with E-state index in [1.54, 1.807) is 6.20 Å². The van der Waals surface area contributed by atoms with Crippen LogP contribution < -0.4 is 0 Å². The van der Waals surface area contributed by atoms with Gasteiger partial charge < -0.3 is 9.72 Å². The maximum Gasteiger partial charge on any atom is 0.108 e. The minimum absolute atomic E-state index is 0.344. The summed E-state index contributed by atoms with van der Waals surface area (Å²) in [7, 11) is 0. The third kappa shape index (κ3) is 4.68. The lowest BCUT2D eigenvalue weighted by molar-refractivity contribution is 0.0760. The third-order valence-corrected chi connectivity index (χ3v) is 1.76. The van der Waals surface area contributed by atoms with Gasteiger partial charge in [0.25, 0.3) is 0 Å². The Morgan fingerprint density at radius 2 is 2.38 bits per heavy atom. The molecule has 0 aromatic carbocycles. The van der Waals surface area contributed by atoms with Crippen LogP contribution in [0.25, 0.3) is 0 Å². The Kier molecular flexibility index (Phi) is 4.54. The minimum Gasteiger partial charge on any atom is -0.379 e. The molecule has 0 saturated carbocycles. The summed E-state index contributed by atoms with van der Waals surface area (Å²) in [5.74, 6) is 1.02. The van der Waals surface area contributed by atoms with Crippen molar-refractivity contribution in [3.63, 3.8) is 0 Å². The van der Waals surface area contributed by atoms with Gasteiger partial charge >= 0.3 is 0 Å². The van der Waals surface area contributed by atoms with E-state index in [9.17, 15) is 0 Å². The zero-order chi connectivity index (χ0) is 9.52. The van der Waals surface area contributed by atoms with Gasteiger partial charge in [-0.25, -0.2) is 4.98 Å². The molecule has 0 unspecified atom stereocenters. The summed E-state index contributed by atoms with van der Waals surface area (Å²) in [6.45, 7) is 4.96. The highest BCUT2D eigenvalue weighted by molar-refractivity contribution is 4.85. The van der Waals surface area contributed by atoms with E-state index in [2.05, 4.69) is 30.0 Å². The highest BCUT2D eigenvalue weighted by Gasteiger charge is 1.96. The van der Waals surface area contributed by atoms with Crippen LogP contribution in [0.2, 0.25) is 0 Å². The molecular weight excluding hydrogens is 164 g/mol. The summed E-state index contributed by atoms with van der Waals surface area (Å²) in [6.07, 6.45) is 8.04. The number of nitrogens with one attached hydrogen (secondary N) is 1. The smallest absolute Gasteiger partial charge is 0.108 e. The van der Waals surface area contributed by atoms with E-state index in [1.165, 1.54) is 0 Å². The summed E-state index contributed by atoms with van der Waals surface area (Å²) >= 11 is 0. The van der Waals surface area contributed by atoms with Crippen molar-refractivity contribution < 1.29 is 4.74 Å². The normalized spacial score (nSPS) is 11.0. The molecule has 13 heavy (non-hydrogen) atoms. The van der Waals surface area contributed by atoms with Gasteiger partial charge in [-0.05, 0) is 26.7 Å². The van der Waals surface area contributed by atoms with Gasteiger partial charge in [0, 0.05) is 19.2 Å². The molecule has 73 valence electrons. The summed E-state index contributed by atoms with van der Waals surface area (Å²) in [4.78, 5) is 7.06. The Labute approximate surface area is 79.5 Å². The predicted octanol–water partition coefficient (Wildman–Crippen LogP) is 1.96. The molecule has 0 fully saturated rings. The first-order valence-electron chi connectivity index (χ1n) is 4.81. The first-order chi connectivity index (χ1) is 6.29. The molecule has 0 saturated heterocycles. The number of unbranched alkanes of at least 4 members (excludes halogenated alkanes) is 1. The molecule has 3 heteroatoms. The van der Waals surface area contributed by atoms with E-state index >= 15 is 0 Å². The summed E-state index contributed by atoms with van der Waals surface area (Å²) < 4.78 is 5.42. The second-order valence-electron chi connectivity index (χ2n) is 3.35. The standard InChI is InChI=1S/C10H17N2O/c1-9(2)13-8-4-3-5-10-11-6-7-12-10/h6,9H,3-5,8H2,1-2H3,(H,11,12). The highest BCUT2D eigenvalue weighted by atomic mass is 16.5. The molecule has 0 bridgehead atoms. The van der Waals surface area contributed by atoms with Crippen molar-refractivity contribution in [2.75, 3.05) is 6.61 Å². The fourth-order valence-electron chi connectivity index (χ4n) is 1.10. The van der Waals surface area contributed by atoms with Crippen LogP contribution in [0.5, 0.6) is 0 Å². The number of nitrogens with zero attached hydrogens (tertiary/aromatic N) is 1. The molecule has 0 spiro atoms. The lowest BCUT2D eigenvalue weighted by atomic mass is 10.2. The maximum atomic E-state index is 5.42. The van der Waals surface area contributed by atoms with Crippen LogP contribution in [0.15, 0.2) is 6.20 Å². The Morgan fingerprint density at radius 3 is 3.00 bits per heavy atom. The lowest BCUT2D eigenvalue weighted by Gasteiger charge is -2.05. The monoisotopic (exact) mass is 181 g/mol. The molecule has 1 N–H and O–H groups in total. The van der Waals surface area contributed by atoms with Crippen molar-refractivity contribution in [3.05, 3.63) is 18.2 Å². The first-order valence-corrected chi connectivity index (χ1v) is 4.81. The van der Waals surface area contributed by atoms with Crippen LogP contribution in [-0.4, -0.2) is 22.7 Å². The van der Waals surface area contributed by atoms with Gasteiger partial charge in [-0.3, -0.25) is 0 Å². The van der Waals surface area contributed by atoms with Crippen LogP contribution >= 0.6 is 0 Å². The molecule has 0 aliphatic carbocycles. The number of aromatic amines is 1. The fraction of sp³-hybridized carbons (Fsp3) is 0.700. The summed E-state index contributed by atoms with van der Waals surface area (Å²) in [6, 6.07) is 0. The van der Waals surface area contributed by atoms with Gasteiger partial charge in [0.05, 0.1) is 6.10 Å². The van der Waals surface area contributed by atoms with Crippen LogP contribution in [0.4, 0.5) is 0 Å². The van der Waals surface area contributed by atoms with E-state index in [0.29, 0.717) is 6.10 Å². The molecule has 1 heterocycles. The molecule has 1 aromatic rings. The maximum absolute atomic E-state index is 5.42. The summed E-state index contributed by atoms with van der Waals surface area (Å²) in [5.41, 5.74) is 0. The third-order valence-electron chi connectivity index (χ3n) is 1.76. The van der Waals surface area contributed by atoms with Crippen LogP contribution in [0.3, 0.4) is 0 Å². The van der Waals surface area contributed by atoms with E-state index in [0.717, 1.165) is 31.7 Å². The van der Waals surface area contributed by atoms with Crippen molar-refractivity contribution >= 4 is 0 Å². The van der Waals surface area contributed by atoms with Crippen molar-refractivity contribution in [1.82, 2.24) is 9.97 Å². The quantitative estimate of drug-likeness (QED) is 0.681. The van der Waals surface area contributed by atoms with Gasteiger partial charge in [0.2, 0.25) is 0 Å². The number of aryl methyl sites for hydroxylation is 1. The molecule has 1 radical (unpaired) electrons. The number of hydrogen-bond acceptors (Lipinski definition) is 2. The van der Waals surface area contributed by atoms with E-state index in [4.69, 9.17) is 4.74 Å². The minimum atomic E-state index is 0.344. The molecule has 3 nitrogen and oxygen atoms in total. The van der Waals surface area contributed by atoms with E-state index < -0.39 is 0 Å². The average Bonchev–Trinajstić information content (AvgIpc) is 2.55. The Morgan fingerprint density at radius 1 is 1.54 bits per heavy atom. The fourth-order valence-corrected chi connectivity index (χ4v) is 1.10. The van der Waals surface area contributed by atoms with E-state index in [-0.39, 0.29) is 0 Å². The number of rotatable bonds is 6. The second-order valence-corrected chi connectivity index (χ2v) is 3.35. The number of imidazole rings is 1. The Balaban J connectivity index is 1.96. The zero-order valence-electron chi connectivity index (χ0n) is 8.34. The van der Waals surface area contributed by atoms with Gasteiger partial charge in [-0.1, -0.05) is 0 Å². The van der Waals surface area contributed by atoms with Crippen molar-refractivity contribution in [2.24, 2.45) is 0 Å². The van der Waals surface area contributed by atoms with Gasteiger partial charge in [-0.2, -0.15) is 0 Å². The average molecular weight is 181 g/mol. The lowest BCUT2D eigenvalue weighted by Crippen LogP contribution is -2.04. The van der Waals surface area contributed by atoms with Crippen molar-refractivity contribution in [3.8, 4) is 0 Å². The molecule has 0 atom stereocenters. The zero-order valence-corrected chi connectivity index (χ0v) is 8.34. The van der Waals surface area contributed by atoms with Crippen LogP contribution in [0, 0.1) is 6.20 Å². The Bertz CT molecular complexity index is 207. The topological polar surface area (TPSA) is 37.9 Å². The number of aromatic nitrogens is 2. The highest BCUT2D eigenvalue weighted by Crippen LogP contribution is 1.99. The van der Waals surface area contributed by atoms with Crippen molar-refractivity contribution in [2.45, 2.75) is 39.2 Å². The van der Waals surface area contributed by atoms with E-state index in [1.807, 2.05) is 0 Å². The Hall–Kier alpha value is -0.830. The van der Waals surface area contributed by atoms with Gasteiger partial charge in [0.15, 0.2) is 0 Å². The molecule has 0 aliphatic rings. The number of ether oxygens (including phenoxy) is 1. The molecule has 0 amide bonds. The molecule has 1 aromatic heterocycles. The number of H-pyrrole nitrogens is 1. The SMILES string of the molecule is CC(C)OCCCCc1n[c]c[nH]1. The summed E-state index contributed by atoms with van der Waals surface area (Å²) in [5, 5.41) is 0. The first kappa shape index (κ1) is 10.3.